The number of Topliss-reactive ketones (excluding diaryl/α,β-unsaturated/α-hetero) is 1. The van der Waals surface area contributed by atoms with Crippen LogP contribution in [-0.2, 0) is 13.0 Å². The van der Waals surface area contributed by atoms with Gasteiger partial charge >= 0.3 is 0 Å². The van der Waals surface area contributed by atoms with Gasteiger partial charge in [0, 0.05) is 29.6 Å². The Hall–Kier alpha value is -2.06. The summed E-state index contributed by atoms with van der Waals surface area (Å²) in [4.78, 5) is 12.4. The second kappa shape index (κ2) is 5.29. The average molecular weight is 310 g/mol. The van der Waals surface area contributed by atoms with Gasteiger partial charge in [-0.2, -0.15) is 0 Å². The highest BCUT2D eigenvalue weighted by Crippen LogP contribution is 2.36. The van der Waals surface area contributed by atoms with Gasteiger partial charge in [-0.15, -0.1) is 0 Å². The first-order valence-electron chi connectivity index (χ1n) is 7.62. The fourth-order valence-electron chi connectivity index (χ4n) is 3.47. The smallest absolute Gasteiger partial charge is 0.165 e. The van der Waals surface area contributed by atoms with Crippen LogP contribution in [0.25, 0.3) is 10.9 Å². The Kier molecular flexibility index (Phi) is 3.27. The molecule has 22 heavy (non-hydrogen) atoms. The molecule has 0 amide bonds. The number of carbonyl (C=O) groups is 1. The van der Waals surface area contributed by atoms with Crippen LogP contribution in [-0.4, -0.2) is 10.4 Å². The lowest BCUT2D eigenvalue weighted by Gasteiger charge is -2.15. The number of benzene rings is 2. The molecule has 0 saturated carbocycles. The summed E-state index contributed by atoms with van der Waals surface area (Å²) in [6.07, 6.45) is 2.51. The third kappa shape index (κ3) is 2.06. The Labute approximate surface area is 134 Å². The van der Waals surface area contributed by atoms with E-state index in [0.717, 1.165) is 46.6 Å². The molecule has 0 atom stereocenters. The normalized spacial score (nSPS) is 14.3. The van der Waals surface area contributed by atoms with Crippen molar-refractivity contribution in [1.29, 1.82) is 0 Å². The molecule has 110 valence electrons. The van der Waals surface area contributed by atoms with Crippen LogP contribution < -0.4 is 0 Å². The van der Waals surface area contributed by atoms with Gasteiger partial charge in [-0.25, -0.2) is 0 Å². The highest BCUT2D eigenvalue weighted by atomic mass is 35.5. The zero-order valence-electron chi connectivity index (χ0n) is 12.2. The van der Waals surface area contributed by atoms with E-state index in [1.807, 2.05) is 36.4 Å². The molecule has 3 aromatic rings. The van der Waals surface area contributed by atoms with Crippen molar-refractivity contribution in [3.05, 3.63) is 70.4 Å². The molecule has 0 aliphatic heterocycles. The Morgan fingerprint density at radius 3 is 2.64 bits per heavy atom. The number of aromatic nitrogens is 1. The van der Waals surface area contributed by atoms with E-state index in [1.54, 1.807) is 0 Å². The minimum absolute atomic E-state index is 0.250. The molecular formula is C19H16ClNO. The Morgan fingerprint density at radius 1 is 1.00 bits per heavy atom. The molecule has 1 aliphatic carbocycles. The maximum Gasteiger partial charge on any atom is 0.165 e. The SMILES string of the molecule is O=C1CCCc2c1c1cccc(Cl)c1n2Cc1ccccc1. The third-order valence-electron chi connectivity index (χ3n) is 4.42. The first-order valence-corrected chi connectivity index (χ1v) is 8.00. The van der Waals surface area contributed by atoms with Gasteiger partial charge in [0.25, 0.3) is 0 Å². The molecule has 0 spiro atoms. The molecule has 1 heterocycles. The van der Waals surface area contributed by atoms with E-state index in [0.29, 0.717) is 6.42 Å². The zero-order chi connectivity index (χ0) is 15.1. The number of halogens is 1. The molecule has 0 bridgehead atoms. The topological polar surface area (TPSA) is 22.0 Å². The third-order valence-corrected chi connectivity index (χ3v) is 4.73. The van der Waals surface area contributed by atoms with Crippen molar-refractivity contribution in [1.82, 2.24) is 4.57 Å². The molecule has 3 heteroatoms. The number of para-hydroxylation sites is 1. The van der Waals surface area contributed by atoms with E-state index in [1.165, 1.54) is 5.56 Å². The van der Waals surface area contributed by atoms with E-state index in [4.69, 9.17) is 11.6 Å². The predicted molar refractivity (Wildman–Crippen MR) is 89.8 cm³/mol. The van der Waals surface area contributed by atoms with E-state index in [-0.39, 0.29) is 5.78 Å². The van der Waals surface area contributed by atoms with Crippen LogP contribution in [0.15, 0.2) is 48.5 Å². The lowest BCUT2D eigenvalue weighted by molar-refractivity contribution is 0.0973. The van der Waals surface area contributed by atoms with Crippen molar-refractivity contribution in [3.8, 4) is 0 Å². The first kappa shape index (κ1) is 13.6. The number of hydrogen-bond donors (Lipinski definition) is 0. The molecule has 0 N–H and O–H groups in total. The second-order valence-electron chi connectivity index (χ2n) is 5.81. The Morgan fingerprint density at radius 2 is 1.82 bits per heavy atom. The Bertz CT molecular complexity index is 864. The first-order chi connectivity index (χ1) is 10.8. The number of carbonyl (C=O) groups excluding carboxylic acids is 1. The maximum absolute atomic E-state index is 12.4. The fraction of sp³-hybridized carbons (Fsp3) is 0.211. The summed E-state index contributed by atoms with van der Waals surface area (Å²) >= 11 is 6.46. The molecule has 1 aliphatic rings. The van der Waals surface area contributed by atoms with Crippen molar-refractivity contribution in [3.63, 3.8) is 0 Å². The maximum atomic E-state index is 12.4. The monoisotopic (exact) mass is 309 g/mol. The molecule has 2 nitrogen and oxygen atoms in total. The van der Waals surface area contributed by atoms with Gasteiger partial charge in [-0.3, -0.25) is 4.79 Å². The minimum Gasteiger partial charge on any atom is -0.338 e. The number of hydrogen-bond acceptors (Lipinski definition) is 1. The van der Waals surface area contributed by atoms with Crippen LogP contribution in [0.4, 0.5) is 0 Å². The standard InChI is InChI=1S/C19H16ClNO/c20-15-9-4-8-14-18-16(10-5-11-17(18)22)21(19(14)15)12-13-6-2-1-3-7-13/h1-4,6-9H,5,10-12H2. The summed E-state index contributed by atoms with van der Waals surface area (Å²) in [5.74, 6) is 0.250. The molecule has 4 rings (SSSR count). The molecule has 2 aromatic carbocycles. The zero-order valence-corrected chi connectivity index (χ0v) is 12.9. The number of nitrogens with zero attached hydrogens (tertiary/aromatic N) is 1. The van der Waals surface area contributed by atoms with Crippen molar-refractivity contribution >= 4 is 28.3 Å². The summed E-state index contributed by atoms with van der Waals surface area (Å²) in [7, 11) is 0. The number of rotatable bonds is 2. The van der Waals surface area contributed by atoms with E-state index in [2.05, 4.69) is 16.7 Å². The molecule has 0 fully saturated rings. The van der Waals surface area contributed by atoms with Crippen molar-refractivity contribution in [2.75, 3.05) is 0 Å². The summed E-state index contributed by atoms with van der Waals surface area (Å²) in [5, 5.41) is 1.72. The largest absolute Gasteiger partial charge is 0.338 e. The van der Waals surface area contributed by atoms with Gasteiger partial charge < -0.3 is 4.57 Å². The van der Waals surface area contributed by atoms with E-state index >= 15 is 0 Å². The average Bonchev–Trinajstić information content (AvgIpc) is 2.85. The van der Waals surface area contributed by atoms with E-state index < -0.39 is 0 Å². The van der Waals surface area contributed by atoms with E-state index in [9.17, 15) is 4.79 Å². The van der Waals surface area contributed by atoms with Gasteiger partial charge in [0.2, 0.25) is 0 Å². The fourth-order valence-corrected chi connectivity index (χ4v) is 3.75. The van der Waals surface area contributed by atoms with Crippen LogP contribution >= 0.6 is 11.6 Å². The van der Waals surface area contributed by atoms with Crippen LogP contribution in [0.1, 0.15) is 34.5 Å². The predicted octanol–water partition coefficient (Wildman–Crippen LogP) is 4.86. The van der Waals surface area contributed by atoms with Gasteiger partial charge in [-0.05, 0) is 24.5 Å². The van der Waals surface area contributed by atoms with Crippen LogP contribution in [0.5, 0.6) is 0 Å². The lowest BCUT2D eigenvalue weighted by atomic mass is 9.94. The van der Waals surface area contributed by atoms with Crippen molar-refractivity contribution in [2.45, 2.75) is 25.8 Å². The highest BCUT2D eigenvalue weighted by molar-refractivity contribution is 6.35. The van der Waals surface area contributed by atoms with Crippen molar-refractivity contribution in [2.24, 2.45) is 0 Å². The lowest BCUT2D eigenvalue weighted by Crippen LogP contribution is -2.13. The minimum atomic E-state index is 0.250. The van der Waals surface area contributed by atoms with Crippen LogP contribution in [0.3, 0.4) is 0 Å². The molecule has 0 saturated heterocycles. The summed E-state index contributed by atoms with van der Waals surface area (Å²) in [6, 6.07) is 16.2. The summed E-state index contributed by atoms with van der Waals surface area (Å²) in [6.45, 7) is 0.754. The highest BCUT2D eigenvalue weighted by Gasteiger charge is 2.26. The van der Waals surface area contributed by atoms with Gasteiger partial charge in [0.1, 0.15) is 0 Å². The number of fused-ring (bicyclic) bond motifs is 3. The molecule has 1 aromatic heterocycles. The Balaban J connectivity index is 1.99. The van der Waals surface area contributed by atoms with Gasteiger partial charge in [0.05, 0.1) is 10.5 Å². The molecule has 0 unspecified atom stereocenters. The summed E-state index contributed by atoms with van der Waals surface area (Å²) < 4.78 is 2.24. The van der Waals surface area contributed by atoms with Crippen molar-refractivity contribution < 1.29 is 4.79 Å². The quantitative estimate of drug-likeness (QED) is 0.662. The summed E-state index contributed by atoms with van der Waals surface area (Å²) in [5.41, 5.74) is 4.25. The second-order valence-corrected chi connectivity index (χ2v) is 6.21. The number of ketones is 1. The van der Waals surface area contributed by atoms with Crippen LogP contribution in [0, 0.1) is 0 Å². The molecule has 0 radical (unpaired) electrons. The van der Waals surface area contributed by atoms with Gasteiger partial charge in [-0.1, -0.05) is 54.1 Å². The van der Waals surface area contributed by atoms with Gasteiger partial charge in [0.15, 0.2) is 5.78 Å². The molecular weight excluding hydrogens is 294 g/mol. The van der Waals surface area contributed by atoms with Crippen LogP contribution in [0.2, 0.25) is 5.02 Å².